The predicted molar refractivity (Wildman–Crippen MR) is 72.3 cm³/mol. The molecule has 92 valence electrons. The molecule has 1 aromatic rings. The maximum Gasteiger partial charge on any atom is -0.00204 e. The summed E-state index contributed by atoms with van der Waals surface area (Å²) in [5.74, 6) is 1.72. The van der Waals surface area contributed by atoms with Crippen LogP contribution < -0.4 is 5.32 Å². The fourth-order valence-electron chi connectivity index (χ4n) is 3.43. The highest BCUT2D eigenvalue weighted by molar-refractivity contribution is 5.35. The number of nitrogens with one attached hydrogen (secondary N) is 1. The lowest BCUT2D eigenvalue weighted by Crippen LogP contribution is -2.35. The van der Waals surface area contributed by atoms with Crippen LogP contribution in [0.15, 0.2) is 18.2 Å². The second kappa shape index (κ2) is 4.81. The van der Waals surface area contributed by atoms with Crippen molar-refractivity contribution >= 4 is 0 Å². The maximum absolute atomic E-state index is 3.49. The molecule has 3 rings (SSSR count). The normalized spacial score (nSPS) is 28.1. The lowest BCUT2D eigenvalue weighted by Gasteiger charge is -2.29. The van der Waals surface area contributed by atoms with Crippen LogP contribution in [-0.4, -0.2) is 13.1 Å². The third kappa shape index (κ3) is 2.40. The van der Waals surface area contributed by atoms with Crippen LogP contribution in [0.4, 0.5) is 0 Å². The highest BCUT2D eigenvalue weighted by Crippen LogP contribution is 2.27. The number of benzene rings is 1. The molecule has 0 amide bonds. The molecule has 1 aliphatic carbocycles. The van der Waals surface area contributed by atoms with Gasteiger partial charge in [0.25, 0.3) is 0 Å². The summed E-state index contributed by atoms with van der Waals surface area (Å²) >= 11 is 0. The van der Waals surface area contributed by atoms with Crippen LogP contribution in [0.25, 0.3) is 0 Å². The van der Waals surface area contributed by atoms with E-state index in [0.717, 1.165) is 11.8 Å². The highest BCUT2D eigenvalue weighted by Gasteiger charge is 2.21. The number of fused-ring (bicyclic) bond motifs is 1. The highest BCUT2D eigenvalue weighted by atomic mass is 14.9. The van der Waals surface area contributed by atoms with Crippen molar-refractivity contribution in [3.63, 3.8) is 0 Å². The molecule has 1 heteroatoms. The Hall–Kier alpha value is -0.820. The van der Waals surface area contributed by atoms with Crippen LogP contribution in [0.2, 0.25) is 0 Å². The Labute approximate surface area is 105 Å². The molecular formula is C16H23N. The second-order valence-electron chi connectivity index (χ2n) is 5.89. The van der Waals surface area contributed by atoms with Gasteiger partial charge in [-0.05, 0) is 73.7 Å². The lowest BCUT2D eigenvalue weighted by atomic mass is 9.83. The summed E-state index contributed by atoms with van der Waals surface area (Å²) in [7, 11) is 0. The van der Waals surface area contributed by atoms with Gasteiger partial charge in [-0.2, -0.15) is 0 Å². The van der Waals surface area contributed by atoms with E-state index in [1.54, 1.807) is 16.7 Å². The van der Waals surface area contributed by atoms with E-state index in [4.69, 9.17) is 0 Å². The number of hydrogen-bond acceptors (Lipinski definition) is 1. The predicted octanol–water partition coefficient (Wildman–Crippen LogP) is 2.96. The standard InChI is InChI=1S/C16H23N/c1-12-11-17-8-7-15(12)9-13-5-6-14-3-2-4-16(14)10-13/h5-6,10,12,15,17H,2-4,7-9,11H2,1H3. The van der Waals surface area contributed by atoms with Crippen LogP contribution >= 0.6 is 0 Å². The first kappa shape index (κ1) is 11.3. The molecule has 0 bridgehead atoms. The molecule has 1 nitrogen and oxygen atoms in total. The first-order valence-electron chi connectivity index (χ1n) is 7.14. The summed E-state index contributed by atoms with van der Waals surface area (Å²) in [6.45, 7) is 4.81. The van der Waals surface area contributed by atoms with Crippen LogP contribution in [0, 0.1) is 11.8 Å². The van der Waals surface area contributed by atoms with Crippen LogP contribution in [0.5, 0.6) is 0 Å². The number of hydrogen-bond donors (Lipinski definition) is 1. The summed E-state index contributed by atoms with van der Waals surface area (Å²) in [5, 5.41) is 3.49. The SMILES string of the molecule is CC1CNCCC1Cc1ccc2c(c1)CCC2. The van der Waals surface area contributed by atoms with Crippen LogP contribution in [-0.2, 0) is 19.3 Å². The first-order chi connectivity index (χ1) is 8.33. The fraction of sp³-hybridized carbons (Fsp3) is 0.625. The van der Waals surface area contributed by atoms with Gasteiger partial charge >= 0.3 is 0 Å². The minimum atomic E-state index is 0.831. The van der Waals surface area contributed by atoms with E-state index in [-0.39, 0.29) is 0 Å². The molecule has 0 saturated carbocycles. The molecule has 2 atom stereocenters. The molecule has 0 spiro atoms. The van der Waals surface area contributed by atoms with E-state index in [1.807, 2.05) is 0 Å². The van der Waals surface area contributed by atoms with Gasteiger partial charge in [-0.3, -0.25) is 0 Å². The number of piperidine rings is 1. The zero-order valence-corrected chi connectivity index (χ0v) is 10.8. The summed E-state index contributed by atoms with van der Waals surface area (Å²) in [6.07, 6.45) is 6.61. The summed E-state index contributed by atoms with van der Waals surface area (Å²) in [6, 6.07) is 7.24. The van der Waals surface area contributed by atoms with Gasteiger partial charge < -0.3 is 5.32 Å². The average molecular weight is 229 g/mol. The van der Waals surface area contributed by atoms with Crippen molar-refractivity contribution < 1.29 is 0 Å². The molecule has 1 aliphatic heterocycles. The monoisotopic (exact) mass is 229 g/mol. The van der Waals surface area contributed by atoms with E-state index < -0.39 is 0 Å². The Morgan fingerprint density at radius 2 is 2.12 bits per heavy atom. The maximum atomic E-state index is 3.49. The Kier molecular flexibility index (Phi) is 3.19. The number of aryl methyl sites for hydroxylation is 2. The van der Waals surface area contributed by atoms with Crippen molar-refractivity contribution in [2.75, 3.05) is 13.1 Å². The lowest BCUT2D eigenvalue weighted by molar-refractivity contribution is 0.272. The van der Waals surface area contributed by atoms with E-state index in [0.29, 0.717) is 0 Å². The molecule has 1 heterocycles. The van der Waals surface area contributed by atoms with Crippen molar-refractivity contribution in [2.45, 2.75) is 39.0 Å². The van der Waals surface area contributed by atoms with Gasteiger partial charge in [-0.25, -0.2) is 0 Å². The minimum absolute atomic E-state index is 0.831. The van der Waals surface area contributed by atoms with Crippen molar-refractivity contribution in [1.82, 2.24) is 5.32 Å². The second-order valence-corrected chi connectivity index (χ2v) is 5.89. The van der Waals surface area contributed by atoms with Crippen molar-refractivity contribution in [3.05, 3.63) is 34.9 Å². The van der Waals surface area contributed by atoms with Crippen LogP contribution in [0.1, 0.15) is 36.5 Å². The van der Waals surface area contributed by atoms with E-state index in [2.05, 4.69) is 30.4 Å². The van der Waals surface area contributed by atoms with Gasteiger partial charge in [-0.15, -0.1) is 0 Å². The Morgan fingerprint density at radius 1 is 1.24 bits per heavy atom. The van der Waals surface area contributed by atoms with Gasteiger partial charge in [-0.1, -0.05) is 25.1 Å². The van der Waals surface area contributed by atoms with E-state index in [9.17, 15) is 0 Å². The van der Waals surface area contributed by atoms with Crippen molar-refractivity contribution in [1.29, 1.82) is 0 Å². The summed E-state index contributed by atoms with van der Waals surface area (Å²) < 4.78 is 0. The Balaban J connectivity index is 1.72. The third-order valence-electron chi connectivity index (χ3n) is 4.62. The average Bonchev–Trinajstić information content (AvgIpc) is 2.79. The molecule has 1 aromatic carbocycles. The summed E-state index contributed by atoms with van der Waals surface area (Å²) in [5.41, 5.74) is 4.81. The van der Waals surface area contributed by atoms with Gasteiger partial charge in [0, 0.05) is 0 Å². The van der Waals surface area contributed by atoms with E-state index >= 15 is 0 Å². The van der Waals surface area contributed by atoms with Crippen LogP contribution in [0.3, 0.4) is 0 Å². The third-order valence-corrected chi connectivity index (χ3v) is 4.62. The smallest absolute Gasteiger partial charge is 0.00204 e. The number of rotatable bonds is 2. The Bertz CT molecular complexity index is 397. The molecule has 1 N–H and O–H groups in total. The minimum Gasteiger partial charge on any atom is -0.316 e. The zero-order valence-electron chi connectivity index (χ0n) is 10.8. The molecule has 17 heavy (non-hydrogen) atoms. The zero-order chi connectivity index (χ0) is 11.7. The van der Waals surface area contributed by atoms with Crippen molar-refractivity contribution in [2.24, 2.45) is 11.8 Å². The van der Waals surface area contributed by atoms with Gasteiger partial charge in [0.15, 0.2) is 0 Å². The largest absolute Gasteiger partial charge is 0.316 e. The molecular weight excluding hydrogens is 206 g/mol. The topological polar surface area (TPSA) is 12.0 Å². The molecule has 1 fully saturated rings. The van der Waals surface area contributed by atoms with Gasteiger partial charge in [0.05, 0.1) is 0 Å². The molecule has 0 aromatic heterocycles. The molecule has 2 unspecified atom stereocenters. The molecule has 1 saturated heterocycles. The fourth-order valence-corrected chi connectivity index (χ4v) is 3.43. The van der Waals surface area contributed by atoms with E-state index in [1.165, 1.54) is 45.2 Å². The first-order valence-corrected chi connectivity index (χ1v) is 7.14. The molecule has 2 aliphatic rings. The quantitative estimate of drug-likeness (QED) is 0.822. The van der Waals surface area contributed by atoms with Gasteiger partial charge in [0.1, 0.15) is 0 Å². The summed E-state index contributed by atoms with van der Waals surface area (Å²) in [4.78, 5) is 0. The molecule has 0 radical (unpaired) electrons. The van der Waals surface area contributed by atoms with Crippen molar-refractivity contribution in [3.8, 4) is 0 Å². The van der Waals surface area contributed by atoms with Gasteiger partial charge in [0.2, 0.25) is 0 Å². The Morgan fingerprint density at radius 3 is 3.00 bits per heavy atom.